The van der Waals surface area contributed by atoms with E-state index in [4.69, 9.17) is 0 Å². The molecule has 218 valence electrons. The van der Waals surface area contributed by atoms with E-state index in [9.17, 15) is 17.2 Å². The van der Waals surface area contributed by atoms with Crippen molar-refractivity contribution in [2.45, 2.75) is 31.7 Å². The molecule has 5 rings (SSSR count). The number of sulfonamides is 1. The summed E-state index contributed by atoms with van der Waals surface area (Å²) in [6.45, 7) is 8.39. The molecule has 0 atom stereocenters. The molecule has 0 saturated heterocycles. The maximum Gasteiger partial charge on any atom is 0.264 e. The Hall–Kier alpha value is -4.35. The number of hydrogen-bond acceptors (Lipinski definition) is 6. The summed E-state index contributed by atoms with van der Waals surface area (Å²) < 4.78 is 57.0. The van der Waals surface area contributed by atoms with E-state index in [2.05, 4.69) is 61.7 Å². The Bertz CT molecular complexity index is 1790. The van der Waals surface area contributed by atoms with Crippen molar-refractivity contribution in [3.05, 3.63) is 97.0 Å². The van der Waals surface area contributed by atoms with Crippen LogP contribution in [-0.2, 0) is 16.6 Å². The molecule has 8 nitrogen and oxygen atoms in total. The first-order valence-electron chi connectivity index (χ1n) is 13.7. The van der Waals surface area contributed by atoms with Crippen LogP contribution in [0, 0.1) is 11.6 Å². The van der Waals surface area contributed by atoms with E-state index in [0.717, 1.165) is 66.9 Å². The van der Waals surface area contributed by atoms with Crippen LogP contribution in [0.1, 0.15) is 20.3 Å². The number of fused-ring (bicyclic) bond motifs is 1. The number of rotatable bonds is 12. The quantitative estimate of drug-likeness (QED) is 0.169. The predicted octanol–water partition coefficient (Wildman–Crippen LogP) is 6.65. The van der Waals surface area contributed by atoms with E-state index in [1.54, 1.807) is 12.1 Å². The van der Waals surface area contributed by atoms with Crippen LogP contribution in [0.5, 0.6) is 0 Å². The minimum atomic E-state index is -4.24. The van der Waals surface area contributed by atoms with E-state index in [0.29, 0.717) is 17.6 Å². The van der Waals surface area contributed by atoms with Gasteiger partial charge >= 0.3 is 0 Å². The van der Waals surface area contributed by atoms with Crippen molar-refractivity contribution >= 4 is 38.1 Å². The maximum atomic E-state index is 14.0. The highest BCUT2D eigenvalue weighted by Crippen LogP contribution is 2.31. The van der Waals surface area contributed by atoms with Gasteiger partial charge in [-0.25, -0.2) is 27.2 Å². The van der Waals surface area contributed by atoms with Crippen LogP contribution in [-0.4, -0.2) is 47.5 Å². The van der Waals surface area contributed by atoms with Crippen LogP contribution >= 0.6 is 0 Å². The number of aryl methyl sites for hydroxylation is 1. The zero-order valence-electron chi connectivity index (χ0n) is 23.4. The first-order valence-corrected chi connectivity index (χ1v) is 15.2. The summed E-state index contributed by atoms with van der Waals surface area (Å²) in [5.41, 5.74) is 3.82. The van der Waals surface area contributed by atoms with Crippen molar-refractivity contribution in [3.8, 4) is 11.3 Å². The Morgan fingerprint density at radius 2 is 1.64 bits per heavy atom. The summed E-state index contributed by atoms with van der Waals surface area (Å²) in [6.07, 6.45) is 4.69. The summed E-state index contributed by atoms with van der Waals surface area (Å²) >= 11 is 0. The molecule has 42 heavy (non-hydrogen) atoms. The monoisotopic (exact) mass is 590 g/mol. The lowest BCUT2D eigenvalue weighted by Crippen LogP contribution is -2.24. The molecular formula is C31H32F2N6O2S. The SMILES string of the molecule is CCN(CC)CCCn1cc(-c2cc(Nc3ccc(NS(=O)(=O)c4ccc(F)cc4F)cc3)ncn2)c2ccccc21. The van der Waals surface area contributed by atoms with E-state index in [1.165, 1.54) is 18.5 Å². The molecule has 0 unspecified atom stereocenters. The third kappa shape index (κ3) is 6.58. The fourth-order valence-corrected chi connectivity index (χ4v) is 6.01. The van der Waals surface area contributed by atoms with Crippen molar-refractivity contribution in [2.24, 2.45) is 0 Å². The van der Waals surface area contributed by atoms with E-state index in [1.807, 2.05) is 18.2 Å². The average Bonchev–Trinajstić information content (AvgIpc) is 3.35. The predicted molar refractivity (Wildman–Crippen MR) is 162 cm³/mol. The largest absolute Gasteiger partial charge is 0.347 e. The third-order valence-electron chi connectivity index (χ3n) is 7.09. The Morgan fingerprint density at radius 3 is 2.38 bits per heavy atom. The fraction of sp³-hybridized carbons (Fsp3) is 0.226. The second kappa shape index (κ2) is 12.7. The van der Waals surface area contributed by atoms with Gasteiger partial charge in [0, 0.05) is 52.7 Å². The standard InChI is InChI=1S/C31H32F2N6O2S/c1-3-38(4-2)16-7-17-39-20-26(25-8-5-6-9-29(25)39)28-19-31(35-21-34-28)36-23-11-13-24(14-12-23)37-42(40,41)30-15-10-22(32)18-27(30)33/h5-6,8-15,18-21,37H,3-4,7,16-17H2,1-2H3,(H,34,35,36). The van der Waals surface area contributed by atoms with Crippen molar-refractivity contribution in [3.63, 3.8) is 0 Å². The molecule has 0 spiro atoms. The number of aromatic nitrogens is 3. The fourth-order valence-electron chi connectivity index (χ4n) is 4.89. The molecular weight excluding hydrogens is 558 g/mol. The van der Waals surface area contributed by atoms with E-state index < -0.39 is 26.6 Å². The number of para-hydroxylation sites is 1. The van der Waals surface area contributed by atoms with Crippen LogP contribution in [0.2, 0.25) is 0 Å². The van der Waals surface area contributed by atoms with Gasteiger partial charge in [0.2, 0.25) is 0 Å². The zero-order valence-corrected chi connectivity index (χ0v) is 24.2. The Kier molecular flexibility index (Phi) is 8.79. The van der Waals surface area contributed by atoms with Crippen molar-refractivity contribution < 1.29 is 17.2 Å². The third-order valence-corrected chi connectivity index (χ3v) is 8.51. The maximum absolute atomic E-state index is 14.0. The normalized spacial score (nSPS) is 11.7. The van der Waals surface area contributed by atoms with Gasteiger partial charge in [0.05, 0.1) is 5.69 Å². The average molecular weight is 591 g/mol. The minimum absolute atomic E-state index is 0.224. The van der Waals surface area contributed by atoms with Crippen LogP contribution in [0.25, 0.3) is 22.2 Å². The topological polar surface area (TPSA) is 92.2 Å². The van der Waals surface area contributed by atoms with Crippen molar-refractivity contribution in [2.75, 3.05) is 29.7 Å². The van der Waals surface area contributed by atoms with E-state index >= 15 is 0 Å². The van der Waals surface area contributed by atoms with Gasteiger partial charge in [0.15, 0.2) is 0 Å². The summed E-state index contributed by atoms with van der Waals surface area (Å²) in [6, 6.07) is 18.9. The second-order valence-electron chi connectivity index (χ2n) is 9.80. The molecule has 11 heteroatoms. The van der Waals surface area contributed by atoms with Gasteiger partial charge in [0.1, 0.15) is 28.7 Å². The molecule has 0 radical (unpaired) electrons. The van der Waals surface area contributed by atoms with Gasteiger partial charge in [-0.15, -0.1) is 0 Å². The molecule has 0 amide bonds. The highest BCUT2D eigenvalue weighted by Gasteiger charge is 2.20. The molecule has 2 heterocycles. The summed E-state index contributed by atoms with van der Waals surface area (Å²) in [7, 11) is -4.24. The Balaban J connectivity index is 1.31. The Morgan fingerprint density at radius 1 is 0.905 bits per heavy atom. The molecule has 2 N–H and O–H groups in total. The molecule has 0 aliphatic heterocycles. The van der Waals surface area contributed by atoms with Crippen LogP contribution in [0.15, 0.2) is 90.2 Å². The number of anilines is 3. The van der Waals surface area contributed by atoms with Crippen LogP contribution in [0.3, 0.4) is 0 Å². The first kappa shape index (κ1) is 29.2. The molecule has 0 saturated carbocycles. The summed E-state index contributed by atoms with van der Waals surface area (Å²) in [4.78, 5) is 10.7. The summed E-state index contributed by atoms with van der Waals surface area (Å²) in [5, 5.41) is 4.33. The molecule has 0 fully saturated rings. The lowest BCUT2D eigenvalue weighted by molar-refractivity contribution is 0.294. The van der Waals surface area contributed by atoms with Gasteiger partial charge < -0.3 is 14.8 Å². The number of hydrogen-bond donors (Lipinski definition) is 2. The first-order chi connectivity index (χ1) is 20.3. The molecule has 2 aromatic heterocycles. The minimum Gasteiger partial charge on any atom is -0.347 e. The van der Waals surface area contributed by atoms with Crippen molar-refractivity contribution in [1.82, 2.24) is 19.4 Å². The summed E-state index contributed by atoms with van der Waals surface area (Å²) in [5.74, 6) is -1.45. The molecule has 0 aliphatic rings. The van der Waals surface area contributed by atoms with Gasteiger partial charge in [-0.2, -0.15) is 0 Å². The second-order valence-corrected chi connectivity index (χ2v) is 11.5. The van der Waals surface area contributed by atoms with Gasteiger partial charge in [0.25, 0.3) is 10.0 Å². The smallest absolute Gasteiger partial charge is 0.264 e. The molecule has 0 aliphatic carbocycles. The van der Waals surface area contributed by atoms with Crippen molar-refractivity contribution in [1.29, 1.82) is 0 Å². The van der Waals surface area contributed by atoms with Gasteiger partial charge in [-0.05, 0) is 68.5 Å². The molecule has 3 aromatic carbocycles. The van der Waals surface area contributed by atoms with Crippen LogP contribution in [0.4, 0.5) is 26.0 Å². The zero-order chi connectivity index (χ0) is 29.7. The number of halogens is 2. The Labute approximate surface area is 244 Å². The molecule has 0 bridgehead atoms. The van der Waals surface area contributed by atoms with Gasteiger partial charge in [-0.3, -0.25) is 4.72 Å². The van der Waals surface area contributed by atoms with Gasteiger partial charge in [-0.1, -0.05) is 32.0 Å². The number of nitrogens with zero attached hydrogens (tertiary/aromatic N) is 4. The van der Waals surface area contributed by atoms with Crippen LogP contribution < -0.4 is 10.0 Å². The molecule has 5 aromatic rings. The highest BCUT2D eigenvalue weighted by atomic mass is 32.2. The van der Waals surface area contributed by atoms with E-state index in [-0.39, 0.29) is 5.69 Å². The number of nitrogens with one attached hydrogen (secondary N) is 2. The lowest BCUT2D eigenvalue weighted by Gasteiger charge is -2.17. The highest BCUT2D eigenvalue weighted by molar-refractivity contribution is 7.92. The lowest BCUT2D eigenvalue weighted by atomic mass is 10.1. The number of benzene rings is 3.